The third-order valence-electron chi connectivity index (χ3n) is 4.49. The molecule has 140 valence electrons. The standard InChI is InChI=1S/C21H25N5S/c1-6-26(10-9-14(2)3)17-7-8-19(15(4)11-17)24-25-21-18(12-22)16(5)20(13-23)27-21/h7-8,11,14H,6,9-10H2,1-5H3. The fourth-order valence-corrected chi connectivity index (χ4v) is 3.62. The molecule has 0 aliphatic rings. The minimum atomic E-state index is 0.431. The van der Waals surface area contributed by atoms with E-state index < -0.39 is 0 Å². The zero-order chi connectivity index (χ0) is 20.0. The molecule has 0 radical (unpaired) electrons. The van der Waals surface area contributed by atoms with Crippen LogP contribution in [0.4, 0.5) is 16.4 Å². The Morgan fingerprint density at radius 1 is 1.15 bits per heavy atom. The van der Waals surface area contributed by atoms with Crippen molar-refractivity contribution in [2.75, 3.05) is 18.0 Å². The highest BCUT2D eigenvalue weighted by atomic mass is 32.1. The Hall–Kier alpha value is -2.70. The first-order valence-electron chi connectivity index (χ1n) is 9.12. The van der Waals surface area contributed by atoms with Gasteiger partial charge in [-0.1, -0.05) is 13.8 Å². The molecule has 1 aromatic heterocycles. The van der Waals surface area contributed by atoms with Gasteiger partial charge in [0.2, 0.25) is 0 Å². The van der Waals surface area contributed by atoms with Crippen molar-refractivity contribution < 1.29 is 0 Å². The molecule has 0 atom stereocenters. The van der Waals surface area contributed by atoms with Crippen molar-refractivity contribution in [3.05, 3.63) is 39.8 Å². The number of benzene rings is 1. The Kier molecular flexibility index (Phi) is 7.10. The van der Waals surface area contributed by atoms with E-state index in [1.165, 1.54) is 17.0 Å². The molecule has 0 N–H and O–H groups in total. The van der Waals surface area contributed by atoms with Crippen molar-refractivity contribution in [3.63, 3.8) is 0 Å². The molecular formula is C21H25N5S. The van der Waals surface area contributed by atoms with Crippen molar-refractivity contribution in [2.45, 2.75) is 41.0 Å². The largest absolute Gasteiger partial charge is 0.372 e. The lowest BCUT2D eigenvalue weighted by Gasteiger charge is -2.24. The lowest BCUT2D eigenvalue weighted by molar-refractivity contribution is 0.576. The Morgan fingerprint density at radius 2 is 1.89 bits per heavy atom. The van der Waals surface area contributed by atoms with Crippen LogP contribution in [0.15, 0.2) is 28.4 Å². The minimum absolute atomic E-state index is 0.431. The number of thiophene rings is 1. The second kappa shape index (κ2) is 9.30. The molecule has 1 heterocycles. The first-order chi connectivity index (χ1) is 12.9. The van der Waals surface area contributed by atoms with E-state index in [-0.39, 0.29) is 0 Å². The van der Waals surface area contributed by atoms with E-state index in [2.05, 4.69) is 60.2 Å². The van der Waals surface area contributed by atoms with Gasteiger partial charge in [0, 0.05) is 18.8 Å². The van der Waals surface area contributed by atoms with E-state index in [1.807, 2.05) is 13.0 Å². The summed E-state index contributed by atoms with van der Waals surface area (Å²) in [5.74, 6) is 0.676. The van der Waals surface area contributed by atoms with Crippen LogP contribution in [0.2, 0.25) is 0 Å². The summed E-state index contributed by atoms with van der Waals surface area (Å²) in [5.41, 5.74) is 4.10. The molecular weight excluding hydrogens is 354 g/mol. The second-order valence-electron chi connectivity index (χ2n) is 6.89. The van der Waals surface area contributed by atoms with Crippen LogP contribution in [0.1, 0.15) is 48.8 Å². The van der Waals surface area contributed by atoms with Gasteiger partial charge >= 0.3 is 0 Å². The predicted octanol–water partition coefficient (Wildman–Crippen LogP) is 6.40. The van der Waals surface area contributed by atoms with Crippen molar-refractivity contribution in [1.82, 2.24) is 0 Å². The maximum absolute atomic E-state index is 9.31. The number of hydrogen-bond donors (Lipinski definition) is 0. The van der Waals surface area contributed by atoms with Gasteiger partial charge in [0.15, 0.2) is 5.00 Å². The van der Waals surface area contributed by atoms with E-state index >= 15 is 0 Å². The molecule has 0 spiro atoms. The summed E-state index contributed by atoms with van der Waals surface area (Å²) in [6.07, 6.45) is 1.16. The van der Waals surface area contributed by atoms with Gasteiger partial charge in [-0.3, -0.25) is 0 Å². The third kappa shape index (κ3) is 4.93. The normalized spacial score (nSPS) is 11.0. The Labute approximate surface area is 165 Å². The number of anilines is 1. The van der Waals surface area contributed by atoms with Crippen molar-refractivity contribution in [1.29, 1.82) is 10.5 Å². The quantitative estimate of drug-likeness (QED) is 0.523. The van der Waals surface area contributed by atoms with Crippen molar-refractivity contribution >= 4 is 27.7 Å². The number of hydrogen-bond acceptors (Lipinski definition) is 6. The molecule has 5 nitrogen and oxygen atoms in total. The zero-order valence-electron chi connectivity index (χ0n) is 16.6. The maximum Gasteiger partial charge on any atom is 0.158 e. The molecule has 0 aliphatic carbocycles. The summed E-state index contributed by atoms with van der Waals surface area (Å²) in [6, 6.07) is 10.4. The molecule has 2 rings (SSSR count). The summed E-state index contributed by atoms with van der Waals surface area (Å²) in [6.45, 7) is 12.4. The Balaban J connectivity index is 2.25. The van der Waals surface area contributed by atoms with E-state index in [0.29, 0.717) is 26.9 Å². The van der Waals surface area contributed by atoms with Crippen LogP contribution in [0.5, 0.6) is 0 Å². The van der Waals surface area contributed by atoms with Gasteiger partial charge in [0.25, 0.3) is 0 Å². The molecule has 0 unspecified atom stereocenters. The van der Waals surface area contributed by atoms with Crippen LogP contribution in [0.3, 0.4) is 0 Å². The molecule has 0 fully saturated rings. The Morgan fingerprint density at radius 3 is 2.44 bits per heavy atom. The molecule has 0 amide bonds. The lowest BCUT2D eigenvalue weighted by atomic mass is 10.1. The second-order valence-corrected chi connectivity index (χ2v) is 7.89. The molecule has 0 saturated heterocycles. The maximum atomic E-state index is 9.31. The minimum Gasteiger partial charge on any atom is -0.372 e. The summed E-state index contributed by atoms with van der Waals surface area (Å²) in [4.78, 5) is 2.88. The summed E-state index contributed by atoms with van der Waals surface area (Å²) in [7, 11) is 0. The molecule has 0 aliphatic heterocycles. The number of nitriles is 2. The number of nitrogens with zero attached hydrogens (tertiary/aromatic N) is 5. The van der Waals surface area contributed by atoms with Crippen LogP contribution in [-0.2, 0) is 0 Å². The smallest absolute Gasteiger partial charge is 0.158 e. The van der Waals surface area contributed by atoms with Gasteiger partial charge in [-0.25, -0.2) is 0 Å². The number of azo groups is 1. The molecule has 0 bridgehead atoms. The number of rotatable bonds is 7. The first kappa shape index (κ1) is 20.6. The molecule has 0 saturated carbocycles. The van der Waals surface area contributed by atoms with Gasteiger partial charge < -0.3 is 4.90 Å². The summed E-state index contributed by atoms with van der Waals surface area (Å²) in [5, 5.41) is 27.5. The van der Waals surface area contributed by atoms with Crippen LogP contribution in [-0.4, -0.2) is 13.1 Å². The Bertz CT molecular complexity index is 912. The van der Waals surface area contributed by atoms with Crippen LogP contribution in [0, 0.1) is 42.4 Å². The average Bonchev–Trinajstić information content (AvgIpc) is 2.96. The highest BCUT2D eigenvalue weighted by molar-refractivity contribution is 7.16. The van der Waals surface area contributed by atoms with E-state index in [0.717, 1.165) is 30.8 Å². The van der Waals surface area contributed by atoms with Crippen LogP contribution in [0.25, 0.3) is 0 Å². The van der Waals surface area contributed by atoms with Gasteiger partial charge in [0.1, 0.15) is 17.0 Å². The summed E-state index contributed by atoms with van der Waals surface area (Å²) < 4.78 is 0. The van der Waals surface area contributed by atoms with Crippen molar-refractivity contribution in [3.8, 4) is 12.1 Å². The van der Waals surface area contributed by atoms with Gasteiger partial charge in [-0.2, -0.15) is 10.5 Å². The predicted molar refractivity (Wildman–Crippen MR) is 111 cm³/mol. The van der Waals surface area contributed by atoms with E-state index in [1.54, 1.807) is 6.92 Å². The highest BCUT2D eigenvalue weighted by Gasteiger charge is 2.14. The molecule has 2 aromatic rings. The average molecular weight is 380 g/mol. The lowest BCUT2D eigenvalue weighted by Crippen LogP contribution is -2.24. The monoisotopic (exact) mass is 379 g/mol. The fraction of sp³-hybridized carbons (Fsp3) is 0.429. The third-order valence-corrected chi connectivity index (χ3v) is 5.57. The van der Waals surface area contributed by atoms with Gasteiger partial charge in [-0.05, 0) is 62.4 Å². The highest BCUT2D eigenvalue weighted by Crippen LogP contribution is 2.36. The summed E-state index contributed by atoms with van der Waals surface area (Å²) >= 11 is 1.20. The van der Waals surface area contributed by atoms with Crippen LogP contribution >= 0.6 is 11.3 Å². The van der Waals surface area contributed by atoms with Crippen molar-refractivity contribution in [2.24, 2.45) is 16.1 Å². The van der Waals surface area contributed by atoms with E-state index in [9.17, 15) is 5.26 Å². The van der Waals surface area contributed by atoms with E-state index in [4.69, 9.17) is 5.26 Å². The molecule has 1 aromatic carbocycles. The topological polar surface area (TPSA) is 75.5 Å². The van der Waals surface area contributed by atoms with Crippen LogP contribution < -0.4 is 4.90 Å². The number of aryl methyl sites for hydroxylation is 1. The molecule has 6 heteroatoms. The first-order valence-corrected chi connectivity index (χ1v) is 9.93. The zero-order valence-corrected chi connectivity index (χ0v) is 17.4. The van der Waals surface area contributed by atoms with Gasteiger partial charge in [0.05, 0.1) is 11.3 Å². The SMILES string of the molecule is CCN(CCC(C)C)c1ccc(N=Nc2sc(C#N)c(C)c2C#N)c(C)c1. The fourth-order valence-electron chi connectivity index (χ4n) is 2.74. The van der Waals surface area contributed by atoms with Gasteiger partial charge in [-0.15, -0.1) is 21.6 Å². The molecule has 27 heavy (non-hydrogen) atoms.